The highest BCUT2D eigenvalue weighted by Gasteiger charge is 2.22. The molecule has 5 nitrogen and oxygen atoms in total. The predicted molar refractivity (Wildman–Crippen MR) is 77.8 cm³/mol. The van der Waals surface area contributed by atoms with E-state index in [1.54, 1.807) is 13.8 Å². The predicted octanol–water partition coefficient (Wildman–Crippen LogP) is 2.96. The summed E-state index contributed by atoms with van der Waals surface area (Å²) in [4.78, 5) is 26.7. The molecule has 1 N–H and O–H groups in total. The summed E-state index contributed by atoms with van der Waals surface area (Å²) in [6, 6.07) is 2.99. The minimum atomic E-state index is -1.06. The number of halogens is 2. The van der Waals surface area contributed by atoms with E-state index in [2.05, 4.69) is 9.72 Å². The van der Waals surface area contributed by atoms with Crippen LogP contribution < -0.4 is 4.74 Å². The van der Waals surface area contributed by atoms with Crippen LogP contribution in [0.2, 0.25) is 0 Å². The summed E-state index contributed by atoms with van der Waals surface area (Å²) in [6.45, 7) is 2.87. The molecular formula is C16H15F2NO4. The van der Waals surface area contributed by atoms with Gasteiger partial charge in [0.1, 0.15) is 5.75 Å². The van der Waals surface area contributed by atoms with Crippen molar-refractivity contribution in [2.24, 2.45) is 0 Å². The second-order valence-electron chi connectivity index (χ2n) is 4.90. The van der Waals surface area contributed by atoms with E-state index in [0.717, 1.165) is 12.1 Å². The number of aryl methyl sites for hydroxylation is 1. The van der Waals surface area contributed by atoms with E-state index in [1.807, 2.05) is 0 Å². The number of aromatic nitrogens is 1. The first-order chi connectivity index (χ1) is 10.8. The van der Waals surface area contributed by atoms with Gasteiger partial charge in [-0.2, -0.15) is 0 Å². The number of Topliss-reactive ketones (excluding diaryl/α,β-unsaturated/α-hetero) is 1. The summed E-state index contributed by atoms with van der Waals surface area (Å²) in [5.74, 6) is -2.99. The zero-order chi connectivity index (χ0) is 17.1. The molecule has 122 valence electrons. The van der Waals surface area contributed by atoms with Gasteiger partial charge in [0, 0.05) is 11.8 Å². The number of carbonyl (C=O) groups is 2. The van der Waals surface area contributed by atoms with E-state index in [9.17, 15) is 18.4 Å². The molecule has 0 aliphatic rings. The largest absolute Gasteiger partial charge is 0.485 e. The van der Waals surface area contributed by atoms with Gasteiger partial charge in [-0.1, -0.05) is 0 Å². The molecule has 0 saturated heterocycles. The molecule has 0 fully saturated rings. The zero-order valence-corrected chi connectivity index (χ0v) is 12.8. The molecule has 0 atom stereocenters. The standard InChI is InChI=1S/C16H15F2NO4/c1-8-14(16(21)22-3)9(2)19-15(8)13(20)7-23-10-4-5-11(17)12(18)6-10/h4-6,19H,7H2,1-3H3. The molecule has 2 rings (SSSR count). The maximum atomic E-state index is 13.1. The monoisotopic (exact) mass is 323 g/mol. The SMILES string of the molecule is COC(=O)c1c(C)[nH]c(C(=O)COc2ccc(F)c(F)c2)c1C. The highest BCUT2D eigenvalue weighted by Crippen LogP contribution is 2.20. The van der Waals surface area contributed by atoms with Crippen molar-refractivity contribution >= 4 is 11.8 Å². The first-order valence-electron chi connectivity index (χ1n) is 6.73. The van der Waals surface area contributed by atoms with E-state index in [-0.39, 0.29) is 18.1 Å². The lowest BCUT2D eigenvalue weighted by atomic mass is 10.1. The lowest BCUT2D eigenvalue weighted by Gasteiger charge is -2.06. The number of hydrogen-bond acceptors (Lipinski definition) is 4. The third-order valence-electron chi connectivity index (χ3n) is 3.37. The number of hydrogen-bond donors (Lipinski definition) is 1. The average Bonchev–Trinajstić information content (AvgIpc) is 2.82. The van der Waals surface area contributed by atoms with Crippen molar-refractivity contribution in [3.63, 3.8) is 0 Å². The first-order valence-corrected chi connectivity index (χ1v) is 6.73. The Labute approximate surface area is 131 Å². The number of H-pyrrole nitrogens is 1. The average molecular weight is 323 g/mol. The number of methoxy groups -OCH3 is 1. The van der Waals surface area contributed by atoms with Gasteiger partial charge in [0.2, 0.25) is 5.78 Å². The highest BCUT2D eigenvalue weighted by atomic mass is 19.2. The fourth-order valence-corrected chi connectivity index (χ4v) is 2.22. The number of aromatic amines is 1. The van der Waals surface area contributed by atoms with Crippen LogP contribution in [0.25, 0.3) is 0 Å². The Morgan fingerprint density at radius 1 is 1.17 bits per heavy atom. The molecule has 1 aromatic carbocycles. The third kappa shape index (κ3) is 3.39. The molecule has 1 heterocycles. The molecule has 2 aromatic rings. The van der Waals surface area contributed by atoms with E-state index < -0.39 is 23.4 Å². The topological polar surface area (TPSA) is 68.4 Å². The number of rotatable bonds is 5. The lowest BCUT2D eigenvalue weighted by Crippen LogP contribution is -2.13. The maximum absolute atomic E-state index is 13.1. The molecule has 0 aliphatic heterocycles. The fourth-order valence-electron chi connectivity index (χ4n) is 2.22. The summed E-state index contributed by atoms with van der Waals surface area (Å²) in [5.41, 5.74) is 1.47. The van der Waals surface area contributed by atoms with Gasteiger partial charge in [-0.3, -0.25) is 4.79 Å². The van der Waals surface area contributed by atoms with Crippen molar-refractivity contribution in [2.45, 2.75) is 13.8 Å². The van der Waals surface area contributed by atoms with Crippen LogP contribution in [0.1, 0.15) is 32.1 Å². The summed E-state index contributed by atoms with van der Waals surface area (Å²) >= 11 is 0. The Bertz CT molecular complexity index is 768. The number of benzene rings is 1. The Morgan fingerprint density at radius 2 is 1.87 bits per heavy atom. The normalized spacial score (nSPS) is 10.5. The van der Waals surface area contributed by atoms with Crippen LogP contribution in [-0.2, 0) is 4.74 Å². The maximum Gasteiger partial charge on any atom is 0.339 e. The molecule has 0 spiro atoms. The fraction of sp³-hybridized carbons (Fsp3) is 0.250. The molecule has 7 heteroatoms. The number of ketones is 1. The Kier molecular flexibility index (Phi) is 4.78. The molecular weight excluding hydrogens is 308 g/mol. The second-order valence-corrected chi connectivity index (χ2v) is 4.90. The molecule has 23 heavy (non-hydrogen) atoms. The van der Waals surface area contributed by atoms with E-state index in [4.69, 9.17) is 4.74 Å². The van der Waals surface area contributed by atoms with Crippen LogP contribution in [0.15, 0.2) is 18.2 Å². The number of nitrogens with one attached hydrogen (secondary N) is 1. The summed E-state index contributed by atoms with van der Waals surface area (Å²) in [7, 11) is 1.25. The van der Waals surface area contributed by atoms with E-state index in [1.165, 1.54) is 13.2 Å². The van der Waals surface area contributed by atoms with Crippen molar-refractivity contribution in [2.75, 3.05) is 13.7 Å². The lowest BCUT2D eigenvalue weighted by molar-refractivity contribution is 0.0599. The minimum Gasteiger partial charge on any atom is -0.485 e. The van der Waals surface area contributed by atoms with Gasteiger partial charge in [0.15, 0.2) is 18.2 Å². The van der Waals surface area contributed by atoms with E-state index in [0.29, 0.717) is 16.8 Å². The van der Waals surface area contributed by atoms with Gasteiger partial charge in [-0.15, -0.1) is 0 Å². The van der Waals surface area contributed by atoms with Crippen LogP contribution in [0.4, 0.5) is 8.78 Å². The summed E-state index contributed by atoms with van der Waals surface area (Å²) < 4.78 is 35.7. The van der Waals surface area contributed by atoms with Gasteiger partial charge < -0.3 is 14.5 Å². The van der Waals surface area contributed by atoms with Crippen LogP contribution in [0.3, 0.4) is 0 Å². The highest BCUT2D eigenvalue weighted by molar-refractivity contribution is 6.02. The second kappa shape index (κ2) is 6.60. The summed E-state index contributed by atoms with van der Waals surface area (Å²) in [6.07, 6.45) is 0. The number of ether oxygens (including phenoxy) is 2. The van der Waals surface area contributed by atoms with Gasteiger partial charge in [0.05, 0.1) is 18.4 Å². The molecule has 0 unspecified atom stereocenters. The minimum absolute atomic E-state index is 0.0337. The molecule has 0 amide bonds. The van der Waals surface area contributed by atoms with Crippen molar-refractivity contribution in [3.05, 3.63) is 52.3 Å². The third-order valence-corrected chi connectivity index (χ3v) is 3.37. The molecule has 0 aliphatic carbocycles. The first kappa shape index (κ1) is 16.7. The quantitative estimate of drug-likeness (QED) is 0.678. The number of esters is 1. The Morgan fingerprint density at radius 3 is 2.48 bits per heavy atom. The van der Waals surface area contributed by atoms with Crippen LogP contribution >= 0.6 is 0 Å². The summed E-state index contributed by atoms with van der Waals surface area (Å²) in [5, 5.41) is 0. The Hall–Kier alpha value is -2.70. The molecule has 1 aromatic heterocycles. The van der Waals surface area contributed by atoms with Crippen LogP contribution in [0.5, 0.6) is 5.75 Å². The van der Waals surface area contributed by atoms with Crippen LogP contribution in [0, 0.1) is 25.5 Å². The van der Waals surface area contributed by atoms with Gasteiger partial charge in [-0.05, 0) is 31.5 Å². The molecule has 0 saturated carbocycles. The van der Waals surface area contributed by atoms with Gasteiger partial charge in [-0.25, -0.2) is 13.6 Å². The van der Waals surface area contributed by atoms with Crippen molar-refractivity contribution in [1.29, 1.82) is 0 Å². The van der Waals surface area contributed by atoms with Crippen LogP contribution in [-0.4, -0.2) is 30.5 Å². The number of carbonyl (C=O) groups excluding carboxylic acids is 2. The van der Waals surface area contributed by atoms with Gasteiger partial charge in [0.25, 0.3) is 0 Å². The molecule has 0 bridgehead atoms. The van der Waals surface area contributed by atoms with Crippen molar-refractivity contribution < 1.29 is 27.8 Å². The van der Waals surface area contributed by atoms with Crippen molar-refractivity contribution in [3.8, 4) is 5.75 Å². The molecule has 0 radical (unpaired) electrons. The van der Waals surface area contributed by atoms with Gasteiger partial charge >= 0.3 is 5.97 Å². The van der Waals surface area contributed by atoms with E-state index >= 15 is 0 Å². The van der Waals surface area contributed by atoms with Crippen molar-refractivity contribution in [1.82, 2.24) is 4.98 Å². The zero-order valence-electron chi connectivity index (χ0n) is 12.8. The smallest absolute Gasteiger partial charge is 0.339 e. The Balaban J connectivity index is 2.15.